The Morgan fingerprint density at radius 3 is 2.62 bits per heavy atom. The number of nitrogens with one attached hydrogen (secondary N) is 1. The molecule has 0 saturated carbocycles. The van der Waals surface area contributed by atoms with E-state index >= 15 is 0 Å². The number of hydrogen-bond acceptors (Lipinski definition) is 3. The van der Waals surface area contributed by atoms with Crippen LogP contribution in [0.25, 0.3) is 0 Å². The van der Waals surface area contributed by atoms with Gasteiger partial charge >= 0.3 is 0 Å². The maximum atomic E-state index is 13.6. The maximum Gasteiger partial charge on any atom is 0.123 e. The van der Waals surface area contributed by atoms with E-state index in [4.69, 9.17) is 0 Å². The summed E-state index contributed by atoms with van der Waals surface area (Å²) >= 11 is 0. The van der Waals surface area contributed by atoms with E-state index in [0.717, 1.165) is 43.1 Å². The average molecular weight is 285 g/mol. The lowest BCUT2D eigenvalue weighted by Crippen LogP contribution is -2.45. The smallest absolute Gasteiger partial charge is 0.123 e. The molecule has 1 N–H and O–H groups in total. The normalized spacial score (nSPS) is 17.6. The molecule has 0 spiro atoms. The van der Waals surface area contributed by atoms with Gasteiger partial charge in [-0.2, -0.15) is 0 Å². The number of rotatable bonds is 3. The zero-order valence-corrected chi connectivity index (χ0v) is 12.2. The molecule has 1 aliphatic rings. The monoisotopic (exact) mass is 285 g/mol. The predicted octanol–water partition coefficient (Wildman–Crippen LogP) is 2.52. The molecular weight excluding hydrogens is 265 g/mol. The summed E-state index contributed by atoms with van der Waals surface area (Å²) in [5.41, 5.74) is 2.95. The maximum absolute atomic E-state index is 13.6. The van der Waals surface area contributed by atoms with Gasteiger partial charge in [0.2, 0.25) is 0 Å². The molecule has 1 aliphatic heterocycles. The second-order valence-corrected chi connectivity index (χ2v) is 5.45. The molecule has 3 nitrogen and oxygen atoms in total. The fraction of sp³-hybridized carbons (Fsp3) is 0.353. The molecule has 1 saturated heterocycles. The Kier molecular flexibility index (Phi) is 4.27. The number of halogens is 1. The molecule has 21 heavy (non-hydrogen) atoms. The molecule has 4 heteroatoms. The van der Waals surface area contributed by atoms with Crippen molar-refractivity contribution < 1.29 is 4.39 Å². The lowest BCUT2D eigenvalue weighted by molar-refractivity contribution is 0.195. The van der Waals surface area contributed by atoms with E-state index in [1.165, 1.54) is 6.07 Å². The van der Waals surface area contributed by atoms with Crippen molar-refractivity contribution in [2.75, 3.05) is 26.2 Å². The van der Waals surface area contributed by atoms with E-state index in [9.17, 15) is 4.39 Å². The minimum atomic E-state index is -0.194. The van der Waals surface area contributed by atoms with E-state index in [1.54, 1.807) is 12.1 Å². The summed E-state index contributed by atoms with van der Waals surface area (Å²) in [6.07, 6.45) is 0. The number of hydrogen-bond donors (Lipinski definition) is 1. The SMILES string of the molecule is Cc1cccc(C(c2cccc(F)c2)N2CCNCC2)n1. The van der Waals surface area contributed by atoms with Gasteiger partial charge in [-0.15, -0.1) is 0 Å². The Bertz CT molecular complexity index is 563. The molecule has 2 heterocycles. The van der Waals surface area contributed by atoms with Crippen molar-refractivity contribution in [1.29, 1.82) is 0 Å². The molecule has 110 valence electrons. The van der Waals surface area contributed by atoms with E-state index in [-0.39, 0.29) is 11.9 Å². The molecule has 0 radical (unpaired) electrons. The van der Waals surface area contributed by atoms with Gasteiger partial charge in [0.15, 0.2) is 0 Å². The molecule has 0 bridgehead atoms. The van der Waals surface area contributed by atoms with Crippen LogP contribution in [0.5, 0.6) is 0 Å². The molecule has 2 aromatic rings. The van der Waals surface area contributed by atoms with Gasteiger partial charge in [0.05, 0.1) is 11.7 Å². The summed E-state index contributed by atoms with van der Waals surface area (Å²) in [5, 5.41) is 3.36. The first-order valence-electron chi connectivity index (χ1n) is 7.38. The molecule has 3 rings (SSSR count). The van der Waals surface area contributed by atoms with Gasteiger partial charge in [0.1, 0.15) is 5.82 Å². The Balaban J connectivity index is 2.01. The molecule has 1 fully saturated rings. The number of nitrogens with zero attached hydrogens (tertiary/aromatic N) is 2. The molecule has 1 unspecified atom stereocenters. The molecule has 1 aromatic heterocycles. The predicted molar refractivity (Wildman–Crippen MR) is 81.7 cm³/mol. The summed E-state index contributed by atoms with van der Waals surface area (Å²) in [6.45, 7) is 5.78. The van der Waals surface area contributed by atoms with E-state index < -0.39 is 0 Å². The standard InChI is InChI=1S/C17H20FN3/c1-13-4-2-7-16(20-13)17(21-10-8-19-9-11-21)14-5-3-6-15(18)12-14/h2-7,12,17,19H,8-11H2,1H3. The fourth-order valence-electron chi connectivity index (χ4n) is 2.90. The largest absolute Gasteiger partial charge is 0.314 e. The van der Waals surface area contributed by atoms with Crippen molar-refractivity contribution in [2.24, 2.45) is 0 Å². The molecular formula is C17H20FN3. The van der Waals surface area contributed by atoms with Crippen molar-refractivity contribution in [2.45, 2.75) is 13.0 Å². The first-order chi connectivity index (χ1) is 10.2. The highest BCUT2D eigenvalue weighted by molar-refractivity contribution is 5.29. The Hall–Kier alpha value is -1.78. The third kappa shape index (κ3) is 3.28. The van der Waals surface area contributed by atoms with Crippen LogP contribution in [-0.2, 0) is 0 Å². The number of piperazine rings is 1. The van der Waals surface area contributed by atoms with Crippen molar-refractivity contribution in [3.8, 4) is 0 Å². The van der Waals surface area contributed by atoms with Crippen molar-refractivity contribution >= 4 is 0 Å². The lowest BCUT2D eigenvalue weighted by atomic mass is 10.00. The molecule has 1 aromatic carbocycles. The summed E-state index contributed by atoms with van der Waals surface area (Å²) in [5.74, 6) is -0.194. The van der Waals surface area contributed by atoms with Crippen LogP contribution in [-0.4, -0.2) is 36.1 Å². The summed E-state index contributed by atoms with van der Waals surface area (Å²) in [4.78, 5) is 7.04. The van der Waals surface area contributed by atoms with E-state index in [2.05, 4.69) is 15.2 Å². The minimum absolute atomic E-state index is 0.0164. The lowest BCUT2D eigenvalue weighted by Gasteiger charge is -2.35. The van der Waals surface area contributed by atoms with Crippen LogP contribution in [0.15, 0.2) is 42.5 Å². The first kappa shape index (κ1) is 14.2. The van der Waals surface area contributed by atoms with Gasteiger partial charge in [0, 0.05) is 31.9 Å². The Morgan fingerprint density at radius 2 is 1.90 bits per heavy atom. The molecule has 0 amide bonds. The highest BCUT2D eigenvalue weighted by Gasteiger charge is 2.25. The average Bonchev–Trinajstić information content (AvgIpc) is 2.49. The minimum Gasteiger partial charge on any atom is -0.314 e. The summed E-state index contributed by atoms with van der Waals surface area (Å²) < 4.78 is 13.6. The highest BCUT2D eigenvalue weighted by Crippen LogP contribution is 2.28. The summed E-state index contributed by atoms with van der Waals surface area (Å²) in [7, 11) is 0. The third-order valence-corrected chi connectivity index (χ3v) is 3.87. The van der Waals surface area contributed by atoms with Crippen LogP contribution >= 0.6 is 0 Å². The van der Waals surface area contributed by atoms with E-state index in [0.29, 0.717) is 0 Å². The number of aromatic nitrogens is 1. The number of aryl methyl sites for hydroxylation is 1. The topological polar surface area (TPSA) is 28.2 Å². The summed E-state index contributed by atoms with van der Waals surface area (Å²) in [6, 6.07) is 12.9. The number of pyridine rings is 1. The van der Waals surface area contributed by atoms with Gasteiger partial charge in [-0.05, 0) is 36.8 Å². The van der Waals surface area contributed by atoms with Crippen LogP contribution in [0.4, 0.5) is 4.39 Å². The zero-order chi connectivity index (χ0) is 14.7. The quantitative estimate of drug-likeness (QED) is 0.939. The van der Waals surface area contributed by atoms with Crippen molar-refractivity contribution in [3.63, 3.8) is 0 Å². The first-order valence-corrected chi connectivity index (χ1v) is 7.38. The third-order valence-electron chi connectivity index (χ3n) is 3.87. The van der Waals surface area contributed by atoms with Crippen LogP contribution in [0.3, 0.4) is 0 Å². The van der Waals surface area contributed by atoms with Crippen LogP contribution in [0, 0.1) is 12.7 Å². The van der Waals surface area contributed by atoms with Gasteiger partial charge in [0.25, 0.3) is 0 Å². The zero-order valence-electron chi connectivity index (χ0n) is 12.2. The van der Waals surface area contributed by atoms with E-state index in [1.807, 2.05) is 31.2 Å². The Morgan fingerprint density at radius 1 is 1.14 bits per heavy atom. The highest BCUT2D eigenvalue weighted by atomic mass is 19.1. The fourth-order valence-corrected chi connectivity index (χ4v) is 2.90. The second-order valence-electron chi connectivity index (χ2n) is 5.45. The van der Waals surface area contributed by atoms with Crippen LogP contribution < -0.4 is 5.32 Å². The van der Waals surface area contributed by atoms with Crippen molar-refractivity contribution in [3.05, 3.63) is 65.2 Å². The van der Waals surface area contributed by atoms with Gasteiger partial charge in [-0.3, -0.25) is 9.88 Å². The van der Waals surface area contributed by atoms with Gasteiger partial charge < -0.3 is 5.32 Å². The number of benzene rings is 1. The second kappa shape index (κ2) is 6.33. The Labute approximate surface area is 124 Å². The molecule has 0 aliphatic carbocycles. The van der Waals surface area contributed by atoms with Crippen molar-refractivity contribution in [1.82, 2.24) is 15.2 Å². The van der Waals surface area contributed by atoms with Crippen LogP contribution in [0.2, 0.25) is 0 Å². The van der Waals surface area contributed by atoms with Crippen LogP contribution in [0.1, 0.15) is 23.0 Å². The van der Waals surface area contributed by atoms with Gasteiger partial charge in [-0.25, -0.2) is 4.39 Å². The molecule has 1 atom stereocenters. The van der Waals surface area contributed by atoms with Gasteiger partial charge in [-0.1, -0.05) is 18.2 Å².